The van der Waals surface area contributed by atoms with Crippen LogP contribution in [0.3, 0.4) is 0 Å². The van der Waals surface area contributed by atoms with Crippen molar-refractivity contribution in [3.05, 3.63) is 46.5 Å². The van der Waals surface area contributed by atoms with E-state index in [-0.39, 0.29) is 17.1 Å². The normalized spacial score (nSPS) is 10.0. The molecule has 0 saturated carbocycles. The summed E-state index contributed by atoms with van der Waals surface area (Å²) in [4.78, 5) is 3.54. The van der Waals surface area contributed by atoms with Gasteiger partial charge >= 0.3 is 0 Å². The van der Waals surface area contributed by atoms with E-state index in [1.807, 2.05) is 6.07 Å². The number of hydrogen-bond donors (Lipinski definition) is 2. The second-order valence-corrected chi connectivity index (χ2v) is 4.05. The van der Waals surface area contributed by atoms with Crippen molar-refractivity contribution in [1.82, 2.24) is 4.98 Å². The minimum absolute atomic E-state index is 0.244. The van der Waals surface area contributed by atoms with Crippen LogP contribution < -0.4 is 11.1 Å². The van der Waals surface area contributed by atoms with Crippen LogP contribution in [0.4, 0.5) is 26.1 Å². The molecule has 2 aromatic rings. The molecular formula is C12H7ClF2N4. The molecule has 1 aromatic carbocycles. The number of nitrogens with one attached hydrogen (secondary N) is 1. The Kier molecular flexibility index (Phi) is 3.49. The Morgan fingerprint density at radius 2 is 2.00 bits per heavy atom. The molecule has 0 fully saturated rings. The summed E-state index contributed by atoms with van der Waals surface area (Å²) in [5.41, 5.74) is 5.76. The van der Waals surface area contributed by atoms with Crippen LogP contribution in [0.15, 0.2) is 24.3 Å². The minimum Gasteiger partial charge on any atom is -0.381 e. The number of nitriles is 1. The van der Waals surface area contributed by atoms with E-state index in [2.05, 4.69) is 10.3 Å². The van der Waals surface area contributed by atoms with Crippen molar-refractivity contribution in [1.29, 1.82) is 5.26 Å². The summed E-state index contributed by atoms with van der Waals surface area (Å²) in [5, 5.41) is 11.8. The summed E-state index contributed by atoms with van der Waals surface area (Å²) in [6.07, 6.45) is 0. The molecule has 1 aromatic heterocycles. The number of rotatable bonds is 2. The van der Waals surface area contributed by atoms with Gasteiger partial charge in [-0.2, -0.15) is 5.26 Å². The molecule has 0 aliphatic carbocycles. The quantitative estimate of drug-likeness (QED) is 0.886. The summed E-state index contributed by atoms with van der Waals surface area (Å²) >= 11 is 5.79. The highest BCUT2D eigenvalue weighted by atomic mass is 35.5. The van der Waals surface area contributed by atoms with Crippen LogP contribution in [-0.2, 0) is 0 Å². The zero-order valence-electron chi connectivity index (χ0n) is 9.42. The lowest BCUT2D eigenvalue weighted by Gasteiger charge is -2.09. The Hall–Kier alpha value is -2.39. The van der Waals surface area contributed by atoms with E-state index in [1.54, 1.807) is 0 Å². The third-order valence-electron chi connectivity index (χ3n) is 2.31. The standard InChI is InChI=1S/C12H7ClF2N4/c13-7-2-1-6(5-16)10(3-7)18-12-9(15)4-8(14)11(17)19-12/h1-4H,(H3,17,18,19). The van der Waals surface area contributed by atoms with Gasteiger partial charge in [-0.3, -0.25) is 0 Å². The molecule has 0 aliphatic heterocycles. The second kappa shape index (κ2) is 5.08. The Morgan fingerprint density at radius 1 is 1.26 bits per heavy atom. The first-order chi connectivity index (χ1) is 9.01. The number of nitrogen functional groups attached to an aromatic ring is 1. The van der Waals surface area contributed by atoms with E-state index in [0.29, 0.717) is 11.1 Å². The second-order valence-electron chi connectivity index (χ2n) is 3.61. The molecule has 96 valence electrons. The van der Waals surface area contributed by atoms with Crippen LogP contribution in [0.1, 0.15) is 5.56 Å². The SMILES string of the molecule is N#Cc1ccc(Cl)cc1Nc1nc(N)c(F)cc1F. The molecule has 2 rings (SSSR count). The summed E-state index contributed by atoms with van der Waals surface area (Å²) in [5.74, 6) is -2.59. The molecule has 0 aliphatic rings. The minimum atomic E-state index is -0.949. The Labute approximate surface area is 112 Å². The van der Waals surface area contributed by atoms with Crippen molar-refractivity contribution in [2.45, 2.75) is 0 Å². The first-order valence-electron chi connectivity index (χ1n) is 5.09. The molecular weight excluding hydrogens is 274 g/mol. The highest BCUT2D eigenvalue weighted by Gasteiger charge is 2.12. The van der Waals surface area contributed by atoms with Crippen molar-refractivity contribution < 1.29 is 8.78 Å². The molecule has 0 bridgehead atoms. The van der Waals surface area contributed by atoms with E-state index in [9.17, 15) is 8.78 Å². The fraction of sp³-hybridized carbons (Fsp3) is 0. The molecule has 0 saturated heterocycles. The largest absolute Gasteiger partial charge is 0.381 e. The average Bonchev–Trinajstić information content (AvgIpc) is 2.36. The number of nitrogens with two attached hydrogens (primary N) is 1. The predicted octanol–water partition coefficient (Wildman–Crippen LogP) is 3.21. The Balaban J connectivity index is 2.45. The maximum atomic E-state index is 13.5. The predicted molar refractivity (Wildman–Crippen MR) is 68.0 cm³/mol. The van der Waals surface area contributed by atoms with Crippen LogP contribution in [-0.4, -0.2) is 4.98 Å². The first-order valence-corrected chi connectivity index (χ1v) is 5.47. The van der Waals surface area contributed by atoms with Crippen LogP contribution in [0.2, 0.25) is 5.02 Å². The van der Waals surface area contributed by atoms with Crippen LogP contribution >= 0.6 is 11.6 Å². The van der Waals surface area contributed by atoms with E-state index in [0.717, 1.165) is 0 Å². The smallest absolute Gasteiger partial charge is 0.169 e. The van der Waals surface area contributed by atoms with E-state index >= 15 is 0 Å². The highest BCUT2D eigenvalue weighted by Crippen LogP contribution is 2.26. The number of halogens is 3. The Bertz CT molecular complexity index is 682. The van der Waals surface area contributed by atoms with Crippen LogP contribution in [0.5, 0.6) is 0 Å². The molecule has 1 heterocycles. The third kappa shape index (κ3) is 2.72. The van der Waals surface area contributed by atoms with Crippen LogP contribution in [0, 0.1) is 23.0 Å². The van der Waals surface area contributed by atoms with E-state index < -0.39 is 17.5 Å². The molecule has 0 unspecified atom stereocenters. The first kappa shape index (κ1) is 13.1. The van der Waals surface area contributed by atoms with Gasteiger partial charge in [0.05, 0.1) is 11.3 Å². The summed E-state index contributed by atoms with van der Waals surface area (Å²) in [7, 11) is 0. The number of pyridine rings is 1. The molecule has 7 heteroatoms. The molecule has 0 spiro atoms. The fourth-order valence-electron chi connectivity index (χ4n) is 1.41. The van der Waals surface area contributed by atoms with Crippen LogP contribution in [0.25, 0.3) is 0 Å². The summed E-state index contributed by atoms with van der Waals surface area (Å²) in [6.45, 7) is 0. The number of hydrogen-bond acceptors (Lipinski definition) is 4. The highest BCUT2D eigenvalue weighted by molar-refractivity contribution is 6.30. The molecule has 0 radical (unpaired) electrons. The lowest BCUT2D eigenvalue weighted by molar-refractivity contribution is 0.581. The van der Waals surface area contributed by atoms with Gasteiger partial charge in [-0.25, -0.2) is 13.8 Å². The Morgan fingerprint density at radius 3 is 2.68 bits per heavy atom. The van der Waals surface area contributed by atoms with Crippen molar-refractivity contribution in [2.24, 2.45) is 0 Å². The zero-order valence-corrected chi connectivity index (χ0v) is 10.2. The molecule has 3 N–H and O–H groups in total. The number of nitrogens with zero attached hydrogens (tertiary/aromatic N) is 2. The summed E-state index contributed by atoms with van der Waals surface area (Å²) < 4.78 is 26.5. The van der Waals surface area contributed by atoms with Crippen molar-refractivity contribution in [2.75, 3.05) is 11.1 Å². The van der Waals surface area contributed by atoms with Gasteiger partial charge in [0.1, 0.15) is 6.07 Å². The maximum Gasteiger partial charge on any atom is 0.169 e. The van der Waals surface area contributed by atoms with E-state index in [4.69, 9.17) is 22.6 Å². The fourth-order valence-corrected chi connectivity index (χ4v) is 1.59. The van der Waals surface area contributed by atoms with Gasteiger partial charge in [-0.15, -0.1) is 0 Å². The molecule has 0 atom stereocenters. The lowest BCUT2D eigenvalue weighted by Crippen LogP contribution is -2.04. The number of anilines is 3. The molecule has 19 heavy (non-hydrogen) atoms. The van der Waals surface area contributed by atoms with Gasteiger partial charge in [0.2, 0.25) is 0 Å². The lowest BCUT2D eigenvalue weighted by atomic mass is 10.2. The van der Waals surface area contributed by atoms with Crippen molar-refractivity contribution in [3.8, 4) is 6.07 Å². The van der Waals surface area contributed by atoms with E-state index in [1.165, 1.54) is 18.2 Å². The zero-order chi connectivity index (χ0) is 14.0. The monoisotopic (exact) mass is 280 g/mol. The van der Waals surface area contributed by atoms with Gasteiger partial charge < -0.3 is 11.1 Å². The van der Waals surface area contributed by atoms with Gasteiger partial charge in [0.25, 0.3) is 0 Å². The topological polar surface area (TPSA) is 74.7 Å². The van der Waals surface area contributed by atoms with Gasteiger partial charge in [0, 0.05) is 11.1 Å². The van der Waals surface area contributed by atoms with Gasteiger partial charge in [0.15, 0.2) is 23.3 Å². The summed E-state index contributed by atoms with van der Waals surface area (Å²) in [6, 6.07) is 6.95. The van der Waals surface area contributed by atoms with Crippen molar-refractivity contribution in [3.63, 3.8) is 0 Å². The number of aromatic nitrogens is 1. The average molecular weight is 281 g/mol. The maximum absolute atomic E-state index is 13.5. The van der Waals surface area contributed by atoms with Crippen molar-refractivity contribution >= 4 is 28.9 Å². The molecule has 0 amide bonds. The third-order valence-corrected chi connectivity index (χ3v) is 2.55. The molecule has 4 nitrogen and oxygen atoms in total. The number of benzene rings is 1. The van der Waals surface area contributed by atoms with Gasteiger partial charge in [-0.05, 0) is 18.2 Å². The van der Waals surface area contributed by atoms with Gasteiger partial charge in [-0.1, -0.05) is 11.6 Å².